The third-order valence-corrected chi connectivity index (χ3v) is 5.33. The minimum Gasteiger partial charge on any atom is -0.344 e. The zero-order valence-corrected chi connectivity index (χ0v) is 12.7. The Morgan fingerprint density at radius 2 is 1.85 bits per heavy atom. The van der Waals surface area contributed by atoms with Crippen LogP contribution in [0.25, 0.3) is 0 Å². The standard InChI is InChI=1S/C14H23N3O2S/c18-12-3-4-17(6-5-16-7-9-20-10-8-16)14(19)13(15-12)11-1-2-11/h11,13H,1-10H2,(H,15,18). The Hall–Kier alpha value is -0.750. The van der Waals surface area contributed by atoms with Gasteiger partial charge in [0, 0.05) is 50.7 Å². The molecule has 1 unspecified atom stereocenters. The van der Waals surface area contributed by atoms with Crippen LogP contribution in [0, 0.1) is 5.92 Å². The SMILES string of the molecule is O=C1CCN(CCN2CCSCC2)C(=O)C(C2CC2)N1. The van der Waals surface area contributed by atoms with Crippen molar-refractivity contribution in [2.45, 2.75) is 25.3 Å². The van der Waals surface area contributed by atoms with Gasteiger partial charge in [0.1, 0.15) is 6.04 Å². The first kappa shape index (κ1) is 14.2. The minimum absolute atomic E-state index is 0.0344. The van der Waals surface area contributed by atoms with Gasteiger partial charge in [-0.15, -0.1) is 0 Å². The third kappa shape index (κ3) is 3.47. The van der Waals surface area contributed by atoms with Crippen LogP contribution in [0.3, 0.4) is 0 Å². The summed E-state index contributed by atoms with van der Waals surface area (Å²) in [5, 5.41) is 2.91. The molecule has 0 aromatic heterocycles. The van der Waals surface area contributed by atoms with Crippen molar-refractivity contribution in [3.63, 3.8) is 0 Å². The van der Waals surface area contributed by atoms with E-state index in [1.54, 1.807) is 0 Å². The maximum Gasteiger partial charge on any atom is 0.245 e. The topological polar surface area (TPSA) is 52.7 Å². The van der Waals surface area contributed by atoms with Gasteiger partial charge in [0.2, 0.25) is 11.8 Å². The maximum absolute atomic E-state index is 12.5. The smallest absolute Gasteiger partial charge is 0.245 e. The summed E-state index contributed by atoms with van der Waals surface area (Å²) in [4.78, 5) is 28.6. The van der Waals surface area contributed by atoms with E-state index in [9.17, 15) is 9.59 Å². The number of nitrogens with one attached hydrogen (secondary N) is 1. The van der Waals surface area contributed by atoms with Gasteiger partial charge >= 0.3 is 0 Å². The fraction of sp³-hybridized carbons (Fsp3) is 0.857. The highest BCUT2D eigenvalue weighted by atomic mass is 32.2. The molecule has 1 atom stereocenters. The van der Waals surface area contributed by atoms with Crippen LogP contribution in [-0.2, 0) is 9.59 Å². The zero-order valence-electron chi connectivity index (χ0n) is 11.8. The van der Waals surface area contributed by atoms with Crippen molar-refractivity contribution < 1.29 is 9.59 Å². The first-order valence-electron chi connectivity index (χ1n) is 7.62. The number of thioether (sulfide) groups is 1. The van der Waals surface area contributed by atoms with Crippen LogP contribution in [0.15, 0.2) is 0 Å². The minimum atomic E-state index is -0.248. The normalized spacial score (nSPS) is 29.2. The highest BCUT2D eigenvalue weighted by Gasteiger charge is 2.40. The van der Waals surface area contributed by atoms with Gasteiger partial charge in [-0.25, -0.2) is 0 Å². The summed E-state index contributed by atoms with van der Waals surface area (Å²) in [6.45, 7) is 4.53. The van der Waals surface area contributed by atoms with E-state index >= 15 is 0 Å². The molecule has 20 heavy (non-hydrogen) atoms. The molecule has 2 heterocycles. The van der Waals surface area contributed by atoms with E-state index < -0.39 is 0 Å². The second kappa shape index (κ2) is 6.35. The molecule has 1 N–H and O–H groups in total. The van der Waals surface area contributed by atoms with E-state index in [1.807, 2.05) is 16.7 Å². The van der Waals surface area contributed by atoms with Gasteiger partial charge in [0.05, 0.1) is 0 Å². The van der Waals surface area contributed by atoms with Crippen molar-refractivity contribution in [1.29, 1.82) is 0 Å². The first-order valence-corrected chi connectivity index (χ1v) is 8.78. The van der Waals surface area contributed by atoms with E-state index in [0.29, 0.717) is 18.9 Å². The number of carbonyl (C=O) groups is 2. The molecular formula is C14H23N3O2S. The number of amides is 2. The molecule has 3 fully saturated rings. The number of nitrogens with zero attached hydrogens (tertiary/aromatic N) is 2. The van der Waals surface area contributed by atoms with Crippen LogP contribution in [-0.4, -0.2) is 71.9 Å². The Bertz CT molecular complexity index is 381. The molecular weight excluding hydrogens is 274 g/mol. The molecule has 6 heteroatoms. The lowest BCUT2D eigenvalue weighted by Crippen LogP contribution is -2.48. The van der Waals surface area contributed by atoms with E-state index in [-0.39, 0.29) is 17.9 Å². The Labute approximate surface area is 124 Å². The Balaban J connectivity index is 1.55. The predicted molar refractivity (Wildman–Crippen MR) is 79.6 cm³/mol. The molecule has 2 aliphatic heterocycles. The van der Waals surface area contributed by atoms with Crippen LogP contribution in [0.2, 0.25) is 0 Å². The lowest BCUT2D eigenvalue weighted by atomic mass is 10.1. The Morgan fingerprint density at radius 3 is 2.55 bits per heavy atom. The van der Waals surface area contributed by atoms with Gasteiger partial charge in [-0.05, 0) is 18.8 Å². The molecule has 2 amide bonds. The molecule has 3 rings (SSSR count). The summed E-state index contributed by atoms with van der Waals surface area (Å²) >= 11 is 2.00. The molecule has 2 saturated heterocycles. The lowest BCUT2D eigenvalue weighted by molar-refractivity contribution is -0.134. The molecule has 0 spiro atoms. The highest BCUT2D eigenvalue weighted by Crippen LogP contribution is 2.34. The molecule has 1 aliphatic carbocycles. The summed E-state index contributed by atoms with van der Waals surface area (Å²) in [5.74, 6) is 2.95. The number of rotatable bonds is 4. The Morgan fingerprint density at radius 1 is 1.10 bits per heavy atom. The molecule has 0 aromatic rings. The first-order chi connectivity index (χ1) is 9.74. The zero-order chi connectivity index (χ0) is 13.9. The van der Waals surface area contributed by atoms with Gasteiger partial charge in [-0.2, -0.15) is 11.8 Å². The van der Waals surface area contributed by atoms with Crippen molar-refractivity contribution in [2.24, 2.45) is 5.92 Å². The fourth-order valence-electron chi connectivity index (χ4n) is 2.91. The largest absolute Gasteiger partial charge is 0.344 e. The molecule has 0 radical (unpaired) electrons. The monoisotopic (exact) mass is 297 g/mol. The maximum atomic E-state index is 12.5. The van der Waals surface area contributed by atoms with Crippen LogP contribution < -0.4 is 5.32 Å². The van der Waals surface area contributed by atoms with Crippen molar-refractivity contribution in [2.75, 3.05) is 44.2 Å². The second-order valence-corrected chi connectivity index (χ2v) is 7.14. The van der Waals surface area contributed by atoms with Crippen LogP contribution in [0.4, 0.5) is 0 Å². The van der Waals surface area contributed by atoms with Gasteiger partial charge in [-0.1, -0.05) is 0 Å². The van der Waals surface area contributed by atoms with E-state index in [1.165, 1.54) is 11.5 Å². The number of hydrogen-bond donors (Lipinski definition) is 1. The quantitative estimate of drug-likeness (QED) is 0.803. The molecule has 0 bridgehead atoms. The van der Waals surface area contributed by atoms with Gasteiger partial charge in [0.15, 0.2) is 0 Å². The second-order valence-electron chi connectivity index (χ2n) is 5.91. The molecule has 3 aliphatic rings. The van der Waals surface area contributed by atoms with Crippen LogP contribution in [0.5, 0.6) is 0 Å². The number of carbonyl (C=O) groups excluding carboxylic acids is 2. The predicted octanol–water partition coefficient (Wildman–Crippen LogP) is 0.162. The van der Waals surface area contributed by atoms with E-state index in [2.05, 4.69) is 10.2 Å². The molecule has 112 valence electrons. The van der Waals surface area contributed by atoms with Gasteiger partial charge in [-0.3, -0.25) is 14.5 Å². The van der Waals surface area contributed by atoms with Gasteiger partial charge in [0.25, 0.3) is 0 Å². The summed E-state index contributed by atoms with van der Waals surface area (Å²) in [5.41, 5.74) is 0. The van der Waals surface area contributed by atoms with E-state index in [0.717, 1.165) is 39.0 Å². The summed E-state index contributed by atoms with van der Waals surface area (Å²) in [6, 6.07) is -0.248. The Kier molecular flexibility index (Phi) is 4.51. The molecule has 1 saturated carbocycles. The van der Waals surface area contributed by atoms with Crippen LogP contribution in [0.1, 0.15) is 19.3 Å². The molecule has 5 nitrogen and oxygen atoms in total. The van der Waals surface area contributed by atoms with Gasteiger partial charge < -0.3 is 10.2 Å². The third-order valence-electron chi connectivity index (χ3n) is 4.39. The van der Waals surface area contributed by atoms with Crippen molar-refractivity contribution in [1.82, 2.24) is 15.1 Å². The average Bonchev–Trinajstić information content (AvgIpc) is 3.29. The van der Waals surface area contributed by atoms with Crippen LogP contribution >= 0.6 is 11.8 Å². The number of hydrogen-bond acceptors (Lipinski definition) is 4. The highest BCUT2D eigenvalue weighted by molar-refractivity contribution is 7.99. The van der Waals surface area contributed by atoms with Crippen molar-refractivity contribution >= 4 is 23.6 Å². The summed E-state index contributed by atoms with van der Waals surface area (Å²) in [7, 11) is 0. The summed E-state index contributed by atoms with van der Waals surface area (Å²) in [6.07, 6.45) is 2.60. The van der Waals surface area contributed by atoms with Crippen molar-refractivity contribution in [3.05, 3.63) is 0 Å². The van der Waals surface area contributed by atoms with Crippen molar-refractivity contribution in [3.8, 4) is 0 Å². The average molecular weight is 297 g/mol. The van der Waals surface area contributed by atoms with E-state index in [4.69, 9.17) is 0 Å². The molecule has 0 aromatic carbocycles. The fourth-order valence-corrected chi connectivity index (χ4v) is 3.89. The summed E-state index contributed by atoms with van der Waals surface area (Å²) < 4.78 is 0. The lowest BCUT2D eigenvalue weighted by Gasteiger charge is -2.30.